The second-order valence-electron chi connectivity index (χ2n) is 6.96. The number of nitrogens with one attached hydrogen (secondary N) is 1. The summed E-state index contributed by atoms with van der Waals surface area (Å²) in [5.74, 6) is -0.185. The van der Waals surface area contributed by atoms with Crippen LogP contribution in [0.3, 0.4) is 0 Å². The van der Waals surface area contributed by atoms with Crippen molar-refractivity contribution in [2.24, 2.45) is 0 Å². The molecule has 2 aromatic carbocycles. The molecule has 0 fully saturated rings. The van der Waals surface area contributed by atoms with Crippen molar-refractivity contribution in [2.45, 2.75) is 44.9 Å². The highest BCUT2D eigenvalue weighted by Gasteiger charge is 2.43. The van der Waals surface area contributed by atoms with Crippen molar-refractivity contribution < 1.29 is 19.0 Å². The molecular formula is C20H21BrFNO3. The van der Waals surface area contributed by atoms with Crippen LogP contribution in [-0.2, 0) is 6.42 Å². The molecule has 3 rings (SSSR count). The van der Waals surface area contributed by atoms with Gasteiger partial charge < -0.3 is 15.2 Å². The van der Waals surface area contributed by atoms with E-state index in [0.29, 0.717) is 11.3 Å². The predicted octanol–water partition coefficient (Wildman–Crippen LogP) is 4.15. The second-order valence-corrected chi connectivity index (χ2v) is 7.81. The van der Waals surface area contributed by atoms with E-state index in [0.717, 1.165) is 17.5 Å². The van der Waals surface area contributed by atoms with Gasteiger partial charge in [-0.1, -0.05) is 13.0 Å². The molecule has 2 N–H and O–H groups in total. The fourth-order valence-corrected chi connectivity index (χ4v) is 3.47. The van der Waals surface area contributed by atoms with Gasteiger partial charge in [-0.05, 0) is 72.1 Å². The van der Waals surface area contributed by atoms with Gasteiger partial charge in [0, 0.05) is 11.1 Å². The highest BCUT2D eigenvalue weighted by molar-refractivity contribution is 9.10. The largest absolute Gasteiger partial charge is 0.485 e. The molecule has 4 nitrogen and oxygen atoms in total. The molecule has 0 spiro atoms. The van der Waals surface area contributed by atoms with Crippen molar-refractivity contribution in [3.8, 4) is 5.75 Å². The zero-order valence-corrected chi connectivity index (χ0v) is 16.4. The summed E-state index contributed by atoms with van der Waals surface area (Å²) in [5, 5.41) is 13.7. The summed E-state index contributed by atoms with van der Waals surface area (Å²) in [5.41, 5.74) is 1.28. The number of aliphatic hydroxyl groups excluding tert-OH is 1. The number of rotatable bonds is 3. The first-order valence-corrected chi connectivity index (χ1v) is 9.28. The minimum Gasteiger partial charge on any atom is -0.485 e. The number of ether oxygens (including phenoxy) is 1. The van der Waals surface area contributed by atoms with Crippen molar-refractivity contribution >= 4 is 21.8 Å². The summed E-state index contributed by atoms with van der Waals surface area (Å²) in [6.45, 7) is 5.60. The van der Waals surface area contributed by atoms with Gasteiger partial charge in [-0.15, -0.1) is 0 Å². The number of amides is 1. The lowest BCUT2D eigenvalue weighted by atomic mass is 9.85. The van der Waals surface area contributed by atoms with Gasteiger partial charge in [-0.25, -0.2) is 4.39 Å². The number of hydrogen-bond acceptors (Lipinski definition) is 3. The number of fused-ring (bicyclic) bond motifs is 1. The maximum absolute atomic E-state index is 13.4. The molecule has 1 aliphatic heterocycles. The Morgan fingerprint density at radius 2 is 2.04 bits per heavy atom. The van der Waals surface area contributed by atoms with E-state index in [1.807, 2.05) is 25.1 Å². The summed E-state index contributed by atoms with van der Waals surface area (Å²) >= 11 is 3.09. The van der Waals surface area contributed by atoms with Crippen LogP contribution in [0.5, 0.6) is 5.75 Å². The topological polar surface area (TPSA) is 58.6 Å². The molecule has 2 aromatic rings. The number of hydrogen-bond donors (Lipinski definition) is 2. The van der Waals surface area contributed by atoms with Gasteiger partial charge in [0.05, 0.1) is 10.5 Å². The lowest BCUT2D eigenvalue weighted by molar-refractivity contribution is -0.0628. The monoisotopic (exact) mass is 421 g/mol. The molecule has 138 valence electrons. The van der Waals surface area contributed by atoms with Gasteiger partial charge >= 0.3 is 0 Å². The predicted molar refractivity (Wildman–Crippen MR) is 101 cm³/mol. The first kappa shape index (κ1) is 18.9. The SMILES string of the molecule is CCc1ccc2c(c1)[C@@H](NC(=O)c1ccc(F)c(Br)c1)[C@H](O)C(C)(C)O2. The smallest absolute Gasteiger partial charge is 0.251 e. The molecule has 0 aromatic heterocycles. The van der Waals surface area contributed by atoms with Crippen LogP contribution in [0.15, 0.2) is 40.9 Å². The first-order chi connectivity index (χ1) is 12.2. The Morgan fingerprint density at radius 3 is 2.69 bits per heavy atom. The van der Waals surface area contributed by atoms with Crippen LogP contribution in [0.4, 0.5) is 4.39 Å². The average molecular weight is 422 g/mol. The maximum Gasteiger partial charge on any atom is 0.251 e. The normalized spacial score (nSPS) is 20.8. The number of benzene rings is 2. The Labute approximate surface area is 160 Å². The minimum atomic E-state index is -0.935. The fourth-order valence-electron chi connectivity index (χ4n) is 3.09. The van der Waals surface area contributed by atoms with Crippen molar-refractivity contribution in [1.82, 2.24) is 5.32 Å². The van der Waals surface area contributed by atoms with E-state index in [-0.39, 0.29) is 10.4 Å². The molecule has 0 bridgehead atoms. The standard InChI is InChI=1S/C20H21BrFNO3/c1-4-11-5-8-16-13(9-11)17(18(24)20(2,3)26-16)23-19(25)12-6-7-15(22)14(21)10-12/h5-10,17-18,24H,4H2,1-3H3,(H,23,25)/t17-,18+/m1/s1. The minimum absolute atomic E-state index is 0.215. The summed E-state index contributed by atoms with van der Waals surface area (Å²) in [6, 6.07) is 9.22. The summed E-state index contributed by atoms with van der Waals surface area (Å²) in [6.07, 6.45) is -0.104. The van der Waals surface area contributed by atoms with Gasteiger partial charge in [-0.2, -0.15) is 0 Å². The maximum atomic E-state index is 13.4. The van der Waals surface area contributed by atoms with Gasteiger partial charge in [0.25, 0.3) is 5.91 Å². The van der Waals surface area contributed by atoms with E-state index >= 15 is 0 Å². The third-order valence-electron chi connectivity index (χ3n) is 4.69. The van der Waals surface area contributed by atoms with Gasteiger partial charge in [0.15, 0.2) is 0 Å². The highest BCUT2D eigenvalue weighted by atomic mass is 79.9. The number of halogens is 2. The van der Waals surface area contributed by atoms with Gasteiger partial charge in [0.2, 0.25) is 0 Å². The average Bonchev–Trinajstić information content (AvgIpc) is 2.60. The molecule has 1 aliphatic rings. The summed E-state index contributed by atoms with van der Waals surface area (Å²) < 4.78 is 19.6. The van der Waals surface area contributed by atoms with Crippen molar-refractivity contribution in [3.05, 3.63) is 63.4 Å². The van der Waals surface area contributed by atoms with Crippen LogP contribution < -0.4 is 10.1 Å². The Hall–Kier alpha value is -1.92. The lowest BCUT2D eigenvalue weighted by Gasteiger charge is -2.42. The Balaban J connectivity index is 1.97. The summed E-state index contributed by atoms with van der Waals surface area (Å²) in [7, 11) is 0. The number of carbonyl (C=O) groups excluding carboxylic acids is 1. The Kier molecular flexibility index (Phi) is 5.08. The van der Waals surface area contributed by atoms with E-state index in [9.17, 15) is 14.3 Å². The molecule has 0 radical (unpaired) electrons. The summed E-state index contributed by atoms with van der Waals surface area (Å²) in [4.78, 5) is 12.7. The van der Waals surface area contributed by atoms with E-state index in [1.54, 1.807) is 13.8 Å². The molecule has 1 amide bonds. The molecule has 6 heteroatoms. The van der Waals surface area contributed by atoms with Crippen LogP contribution >= 0.6 is 15.9 Å². The van der Waals surface area contributed by atoms with E-state index in [4.69, 9.17) is 4.74 Å². The van der Waals surface area contributed by atoms with Crippen LogP contribution in [0.1, 0.15) is 48.3 Å². The number of carbonyl (C=O) groups is 1. The van der Waals surface area contributed by atoms with Crippen molar-refractivity contribution in [1.29, 1.82) is 0 Å². The lowest BCUT2D eigenvalue weighted by Crippen LogP contribution is -2.53. The van der Waals surface area contributed by atoms with Gasteiger partial charge in [-0.3, -0.25) is 4.79 Å². The molecule has 1 heterocycles. The molecule has 0 saturated carbocycles. The molecular weight excluding hydrogens is 401 g/mol. The molecule has 0 aliphatic carbocycles. The van der Waals surface area contributed by atoms with Gasteiger partial charge in [0.1, 0.15) is 23.3 Å². The number of aryl methyl sites for hydroxylation is 1. The zero-order valence-electron chi connectivity index (χ0n) is 14.8. The van der Waals surface area contributed by atoms with Crippen molar-refractivity contribution in [3.63, 3.8) is 0 Å². The van der Waals surface area contributed by atoms with Crippen LogP contribution in [-0.4, -0.2) is 22.7 Å². The molecule has 2 atom stereocenters. The Bertz CT molecular complexity index is 853. The third kappa shape index (κ3) is 3.48. The first-order valence-electron chi connectivity index (χ1n) is 8.48. The molecule has 26 heavy (non-hydrogen) atoms. The van der Waals surface area contributed by atoms with Crippen LogP contribution in [0.2, 0.25) is 0 Å². The number of aliphatic hydroxyl groups is 1. The van der Waals surface area contributed by atoms with Crippen LogP contribution in [0.25, 0.3) is 0 Å². The molecule has 0 unspecified atom stereocenters. The Morgan fingerprint density at radius 1 is 1.31 bits per heavy atom. The third-order valence-corrected chi connectivity index (χ3v) is 5.29. The zero-order chi connectivity index (χ0) is 19.1. The highest BCUT2D eigenvalue weighted by Crippen LogP contribution is 2.40. The van der Waals surface area contributed by atoms with E-state index in [2.05, 4.69) is 21.2 Å². The quantitative estimate of drug-likeness (QED) is 0.782. The van der Waals surface area contributed by atoms with Crippen molar-refractivity contribution in [2.75, 3.05) is 0 Å². The fraction of sp³-hybridized carbons (Fsp3) is 0.350. The van der Waals surface area contributed by atoms with Crippen LogP contribution in [0, 0.1) is 5.82 Å². The van der Waals surface area contributed by atoms with E-state index < -0.39 is 23.6 Å². The van der Waals surface area contributed by atoms with E-state index in [1.165, 1.54) is 18.2 Å². The molecule has 0 saturated heterocycles. The second kappa shape index (κ2) is 7.00.